The van der Waals surface area contributed by atoms with Gasteiger partial charge in [0.25, 0.3) is 0 Å². The van der Waals surface area contributed by atoms with Crippen LogP contribution in [0.1, 0.15) is 71.7 Å². The zero-order valence-electron chi connectivity index (χ0n) is 33.6. The lowest BCUT2D eigenvalue weighted by Gasteiger charge is -2.25. The number of nitrogens with one attached hydrogen (secondary N) is 2. The summed E-state index contributed by atoms with van der Waals surface area (Å²) in [5, 5.41) is 3.20. The Kier molecular flexibility index (Phi) is 9.68. The van der Waals surface area contributed by atoms with Crippen molar-refractivity contribution in [1.29, 1.82) is 0 Å². The molecule has 1 spiro atoms. The Hall–Kier alpha value is -5.80. The number of amides is 2. The van der Waals surface area contributed by atoms with Crippen LogP contribution in [0.5, 0.6) is 0 Å². The van der Waals surface area contributed by atoms with Crippen LogP contribution in [0.4, 0.5) is 29.7 Å². The van der Waals surface area contributed by atoms with Crippen LogP contribution in [0.25, 0.3) is 44.1 Å². The molecule has 0 radical (unpaired) electrons. The highest BCUT2D eigenvalue weighted by molar-refractivity contribution is 6.19. The summed E-state index contributed by atoms with van der Waals surface area (Å²) in [4.78, 5) is 67.9. The summed E-state index contributed by atoms with van der Waals surface area (Å²) in [5.74, 6) is -2.93. The van der Waals surface area contributed by atoms with E-state index < -0.39 is 46.4 Å². The Morgan fingerprint density at radius 2 is 1.77 bits per heavy atom. The second kappa shape index (κ2) is 14.0. The van der Waals surface area contributed by atoms with Crippen LogP contribution in [-0.4, -0.2) is 82.2 Å². The number of carbonyl (C=O) groups excluding carboxylic acids is 3. The highest BCUT2D eigenvalue weighted by Crippen LogP contribution is 2.60. The minimum absolute atomic E-state index is 0.0411. The number of aryl methyl sites for hydroxylation is 1. The van der Waals surface area contributed by atoms with Gasteiger partial charge >= 0.3 is 18.2 Å². The number of aromatic amines is 1. The van der Waals surface area contributed by atoms with E-state index in [2.05, 4.69) is 25.2 Å². The van der Waals surface area contributed by atoms with E-state index in [-0.39, 0.29) is 56.5 Å². The van der Waals surface area contributed by atoms with Crippen LogP contribution in [0.3, 0.4) is 0 Å². The first-order chi connectivity index (χ1) is 26.7. The standard InChI is InChI=1S/C41H47F2N7O7/c1-10-55-36(52)25-19-48(8)35-23(33(25)51)13-21(16-45-35)24-18-44-34-29(28-30(43)26(42)14-27(31(28)47-34)49(9)38(54)57-40(5,6)7)32(24)50-12-11-41(20-50)15-22(41)17-46-37(53)56-39(2,3)4/h13-14,16,18-19,22H,10-12,15,17,20H2,1-9H3,(H,44,47)(H,46,53). The van der Waals surface area contributed by atoms with Crippen LogP contribution in [0.2, 0.25) is 0 Å². The molecule has 2 amide bonds. The number of rotatable bonds is 7. The van der Waals surface area contributed by atoms with Gasteiger partial charge in [0.2, 0.25) is 5.43 Å². The van der Waals surface area contributed by atoms with Crippen LogP contribution in [0, 0.1) is 23.0 Å². The van der Waals surface area contributed by atoms with Crippen molar-refractivity contribution in [2.24, 2.45) is 18.4 Å². The van der Waals surface area contributed by atoms with Crippen LogP contribution in [0.15, 0.2) is 35.5 Å². The first-order valence-corrected chi connectivity index (χ1v) is 18.9. The van der Waals surface area contributed by atoms with Gasteiger partial charge in [0.05, 0.1) is 39.7 Å². The number of H-pyrrole nitrogens is 1. The van der Waals surface area contributed by atoms with E-state index in [0.717, 1.165) is 23.8 Å². The molecule has 1 aliphatic heterocycles. The Morgan fingerprint density at radius 1 is 1.05 bits per heavy atom. The predicted octanol–water partition coefficient (Wildman–Crippen LogP) is 7.20. The largest absolute Gasteiger partial charge is 0.462 e. The molecule has 2 atom stereocenters. The Bertz CT molecular complexity index is 2540. The topological polar surface area (TPSA) is 161 Å². The summed E-state index contributed by atoms with van der Waals surface area (Å²) >= 11 is 0. The van der Waals surface area contributed by atoms with Crippen molar-refractivity contribution in [3.05, 3.63) is 58.1 Å². The van der Waals surface area contributed by atoms with Crippen molar-refractivity contribution in [2.45, 2.75) is 72.5 Å². The summed E-state index contributed by atoms with van der Waals surface area (Å²) in [6.07, 6.45) is 4.85. The SMILES string of the molecule is CCOC(=O)c1cn(C)c2ncc(-c3cnc4[nH]c5c(N(C)C(=O)OC(C)(C)C)cc(F)c(F)c5c4c3N3CCC4(CC4CNC(=O)OC(C)(C)C)C3)cc2c1=O. The van der Waals surface area contributed by atoms with E-state index in [1.54, 1.807) is 78.5 Å². The molecule has 1 saturated carbocycles. The molecule has 5 aromatic rings. The molecule has 2 N–H and O–H groups in total. The number of ether oxygens (including phenoxy) is 3. The summed E-state index contributed by atoms with van der Waals surface area (Å²) in [5.41, 5.74) is -0.221. The van der Waals surface area contributed by atoms with Gasteiger partial charge in [-0.3, -0.25) is 9.69 Å². The quantitative estimate of drug-likeness (QED) is 0.128. The van der Waals surface area contributed by atoms with Gasteiger partial charge in [-0.05, 0) is 78.7 Å². The highest BCUT2D eigenvalue weighted by Gasteiger charge is 2.57. The minimum Gasteiger partial charge on any atom is -0.462 e. The molecular formula is C41H47F2N7O7. The number of halogens is 2. The number of esters is 1. The molecule has 2 aliphatic rings. The zero-order valence-corrected chi connectivity index (χ0v) is 33.6. The summed E-state index contributed by atoms with van der Waals surface area (Å²) in [7, 11) is 3.08. The van der Waals surface area contributed by atoms with E-state index in [4.69, 9.17) is 14.2 Å². The van der Waals surface area contributed by atoms with E-state index in [1.807, 2.05) is 0 Å². The summed E-state index contributed by atoms with van der Waals surface area (Å²) in [6.45, 7) is 13.7. The third-order valence-corrected chi connectivity index (χ3v) is 10.5. The maximum absolute atomic E-state index is 16.4. The molecule has 302 valence electrons. The van der Waals surface area contributed by atoms with Crippen molar-refractivity contribution in [2.75, 3.05) is 43.1 Å². The van der Waals surface area contributed by atoms with Gasteiger partial charge in [-0.2, -0.15) is 0 Å². The van der Waals surface area contributed by atoms with Crippen molar-refractivity contribution in [3.63, 3.8) is 0 Å². The van der Waals surface area contributed by atoms with Crippen molar-refractivity contribution >= 4 is 62.5 Å². The molecule has 1 aliphatic carbocycles. The lowest BCUT2D eigenvalue weighted by atomic mass is 10.0. The van der Waals surface area contributed by atoms with Gasteiger partial charge in [0, 0.05) is 69.5 Å². The Balaban J connectivity index is 1.39. The third-order valence-electron chi connectivity index (χ3n) is 10.5. The van der Waals surface area contributed by atoms with Crippen LogP contribution < -0.4 is 20.5 Å². The number of fused-ring (bicyclic) bond motifs is 4. The van der Waals surface area contributed by atoms with Gasteiger partial charge in [0.15, 0.2) is 11.6 Å². The molecule has 2 unspecified atom stereocenters. The fraction of sp³-hybridized carbons (Fsp3) is 0.463. The maximum atomic E-state index is 16.4. The normalized spacial score (nSPS) is 18.1. The molecule has 0 bridgehead atoms. The van der Waals surface area contributed by atoms with E-state index in [0.29, 0.717) is 42.1 Å². The molecule has 1 aromatic carbocycles. The average Bonchev–Trinajstić information content (AvgIpc) is 3.41. The molecule has 16 heteroatoms. The predicted molar refractivity (Wildman–Crippen MR) is 212 cm³/mol. The first kappa shape index (κ1) is 39.4. The van der Waals surface area contributed by atoms with Gasteiger partial charge < -0.3 is 34.0 Å². The van der Waals surface area contributed by atoms with Crippen molar-refractivity contribution in [3.8, 4) is 11.1 Å². The zero-order chi connectivity index (χ0) is 41.4. The summed E-state index contributed by atoms with van der Waals surface area (Å²) in [6, 6.07) is 2.56. The average molecular weight is 788 g/mol. The highest BCUT2D eigenvalue weighted by atomic mass is 19.2. The number of hydrogen-bond donors (Lipinski definition) is 2. The lowest BCUT2D eigenvalue weighted by Crippen LogP contribution is -2.34. The monoisotopic (exact) mass is 787 g/mol. The fourth-order valence-corrected chi connectivity index (χ4v) is 7.85. The molecular weight excluding hydrogens is 740 g/mol. The number of pyridine rings is 3. The van der Waals surface area contributed by atoms with Crippen LogP contribution in [-0.2, 0) is 21.3 Å². The first-order valence-electron chi connectivity index (χ1n) is 18.9. The molecule has 2 fully saturated rings. The van der Waals surface area contributed by atoms with Crippen LogP contribution >= 0.6 is 0 Å². The van der Waals surface area contributed by atoms with E-state index in [9.17, 15) is 19.2 Å². The number of alkyl carbamates (subject to hydrolysis) is 1. The number of hydrogen-bond acceptors (Lipinski definition) is 10. The number of aromatic nitrogens is 4. The second-order valence-corrected chi connectivity index (χ2v) is 17.0. The Morgan fingerprint density at radius 3 is 2.46 bits per heavy atom. The van der Waals surface area contributed by atoms with Crippen molar-refractivity contribution in [1.82, 2.24) is 24.8 Å². The van der Waals surface area contributed by atoms with Gasteiger partial charge in [0.1, 0.15) is 28.1 Å². The minimum atomic E-state index is -1.18. The number of anilines is 2. The number of nitrogens with zero attached hydrogens (tertiary/aromatic N) is 5. The second-order valence-electron chi connectivity index (χ2n) is 17.0. The number of benzene rings is 1. The molecule has 57 heavy (non-hydrogen) atoms. The molecule has 5 heterocycles. The third kappa shape index (κ3) is 7.32. The molecule has 14 nitrogen and oxygen atoms in total. The lowest BCUT2D eigenvalue weighted by molar-refractivity contribution is 0.0513. The van der Waals surface area contributed by atoms with Gasteiger partial charge in [-0.1, -0.05) is 0 Å². The molecule has 4 aromatic heterocycles. The number of carbonyl (C=O) groups is 3. The van der Waals surface area contributed by atoms with E-state index in [1.165, 1.54) is 13.2 Å². The Labute approximate surface area is 327 Å². The molecule has 7 rings (SSSR count). The van der Waals surface area contributed by atoms with E-state index >= 15 is 8.78 Å². The molecule has 1 saturated heterocycles. The summed E-state index contributed by atoms with van der Waals surface area (Å²) < 4.78 is 49.8. The maximum Gasteiger partial charge on any atom is 0.414 e. The van der Waals surface area contributed by atoms with Gasteiger partial charge in [-0.15, -0.1) is 0 Å². The smallest absolute Gasteiger partial charge is 0.414 e. The van der Waals surface area contributed by atoms with Crippen molar-refractivity contribution < 1.29 is 37.4 Å². The fourth-order valence-electron chi connectivity index (χ4n) is 7.85. The van der Waals surface area contributed by atoms with Gasteiger partial charge in [-0.25, -0.2) is 33.1 Å².